The van der Waals surface area contributed by atoms with Gasteiger partial charge in [-0.1, -0.05) is 0 Å². The van der Waals surface area contributed by atoms with Crippen molar-refractivity contribution in [3.05, 3.63) is 18.5 Å². The van der Waals surface area contributed by atoms with Crippen molar-refractivity contribution in [2.45, 2.75) is 19.0 Å². The molecular formula is C12H17F3N4O. The second-order valence-corrected chi connectivity index (χ2v) is 4.83. The molecule has 2 rings (SSSR count). The average molecular weight is 290 g/mol. The molecule has 0 spiro atoms. The number of hydrogen-bond acceptors (Lipinski definition) is 3. The summed E-state index contributed by atoms with van der Waals surface area (Å²) in [6.07, 6.45) is 0.539. The average Bonchev–Trinajstić information content (AvgIpc) is 2.88. The first-order valence-corrected chi connectivity index (χ1v) is 6.43. The number of aromatic nitrogens is 1. The first kappa shape index (κ1) is 14.7. The molecular weight excluding hydrogens is 273 g/mol. The van der Waals surface area contributed by atoms with E-state index in [4.69, 9.17) is 0 Å². The van der Waals surface area contributed by atoms with E-state index in [0.717, 1.165) is 18.7 Å². The fourth-order valence-electron chi connectivity index (χ4n) is 2.20. The largest absolute Gasteiger partial charge is 0.405 e. The van der Waals surface area contributed by atoms with Crippen LogP contribution in [0, 0.1) is 5.92 Å². The zero-order valence-electron chi connectivity index (χ0n) is 10.8. The Labute approximate surface area is 114 Å². The number of halogens is 3. The van der Waals surface area contributed by atoms with Crippen LogP contribution in [-0.4, -0.2) is 41.7 Å². The van der Waals surface area contributed by atoms with Crippen LogP contribution in [0.4, 0.5) is 18.9 Å². The quantitative estimate of drug-likeness (QED) is 0.791. The van der Waals surface area contributed by atoms with Crippen LogP contribution in [0.2, 0.25) is 0 Å². The van der Waals surface area contributed by atoms with Gasteiger partial charge in [-0.3, -0.25) is 4.79 Å². The van der Waals surface area contributed by atoms with Gasteiger partial charge in [0.1, 0.15) is 6.54 Å². The molecule has 0 unspecified atom stereocenters. The first-order valence-electron chi connectivity index (χ1n) is 6.43. The third-order valence-electron chi connectivity index (χ3n) is 3.14. The Hall–Kier alpha value is -1.70. The van der Waals surface area contributed by atoms with Crippen molar-refractivity contribution in [1.29, 1.82) is 0 Å². The van der Waals surface area contributed by atoms with Crippen LogP contribution in [0.5, 0.6) is 0 Å². The number of alkyl halides is 3. The van der Waals surface area contributed by atoms with E-state index >= 15 is 0 Å². The summed E-state index contributed by atoms with van der Waals surface area (Å²) in [5.74, 6) is -0.958. The van der Waals surface area contributed by atoms with Crippen LogP contribution < -0.4 is 10.7 Å². The van der Waals surface area contributed by atoms with E-state index in [9.17, 15) is 18.0 Å². The van der Waals surface area contributed by atoms with Crippen LogP contribution in [-0.2, 0) is 4.79 Å². The Bertz CT molecular complexity index is 432. The molecule has 1 amide bonds. The molecule has 5 nitrogen and oxygen atoms in total. The SMILES string of the molecule is O=C(NCC(F)(F)F)[C@H]1CCCN(Nc2cc[nH]c2)C1. The number of carbonyl (C=O) groups is 1. The summed E-state index contributed by atoms with van der Waals surface area (Å²) in [5.41, 5.74) is 3.98. The van der Waals surface area contributed by atoms with Gasteiger partial charge in [0, 0.05) is 25.5 Å². The van der Waals surface area contributed by atoms with Crippen molar-refractivity contribution < 1.29 is 18.0 Å². The molecule has 0 aliphatic carbocycles. The van der Waals surface area contributed by atoms with Crippen molar-refractivity contribution in [3.8, 4) is 0 Å². The van der Waals surface area contributed by atoms with Gasteiger partial charge in [-0.25, -0.2) is 5.01 Å². The second-order valence-electron chi connectivity index (χ2n) is 4.83. The maximum absolute atomic E-state index is 12.1. The Balaban J connectivity index is 1.82. The van der Waals surface area contributed by atoms with Gasteiger partial charge in [0.05, 0.1) is 11.6 Å². The second kappa shape index (κ2) is 6.17. The van der Waals surface area contributed by atoms with Gasteiger partial charge >= 0.3 is 6.18 Å². The zero-order valence-corrected chi connectivity index (χ0v) is 10.8. The lowest BCUT2D eigenvalue weighted by Crippen LogP contribution is -2.46. The van der Waals surface area contributed by atoms with Crippen LogP contribution in [0.1, 0.15) is 12.8 Å². The van der Waals surface area contributed by atoms with Gasteiger partial charge in [0.25, 0.3) is 0 Å². The molecule has 1 aliphatic heterocycles. The van der Waals surface area contributed by atoms with E-state index in [1.807, 2.05) is 16.4 Å². The van der Waals surface area contributed by atoms with E-state index < -0.39 is 24.5 Å². The summed E-state index contributed by atoms with van der Waals surface area (Å²) in [6.45, 7) is -0.114. The summed E-state index contributed by atoms with van der Waals surface area (Å²) in [7, 11) is 0. The number of piperidine rings is 1. The summed E-state index contributed by atoms with van der Waals surface area (Å²) < 4.78 is 36.2. The number of hydrazine groups is 1. The number of amides is 1. The number of carbonyl (C=O) groups excluding carboxylic acids is 1. The first-order chi connectivity index (χ1) is 9.44. The maximum atomic E-state index is 12.1. The van der Waals surface area contributed by atoms with Crippen molar-refractivity contribution >= 4 is 11.6 Å². The third-order valence-corrected chi connectivity index (χ3v) is 3.14. The number of hydrogen-bond donors (Lipinski definition) is 3. The minimum absolute atomic E-state index is 0.398. The van der Waals surface area contributed by atoms with Gasteiger partial charge in [0.2, 0.25) is 5.91 Å². The Morgan fingerprint density at radius 3 is 2.95 bits per heavy atom. The van der Waals surface area contributed by atoms with E-state index in [2.05, 4.69) is 10.4 Å². The predicted octanol–water partition coefficient (Wildman–Crippen LogP) is 1.73. The highest BCUT2D eigenvalue weighted by Gasteiger charge is 2.31. The van der Waals surface area contributed by atoms with Crippen molar-refractivity contribution in [3.63, 3.8) is 0 Å². The monoisotopic (exact) mass is 290 g/mol. The number of nitrogens with zero attached hydrogens (tertiary/aromatic N) is 1. The smallest absolute Gasteiger partial charge is 0.366 e. The van der Waals surface area contributed by atoms with Crippen LogP contribution >= 0.6 is 0 Å². The van der Waals surface area contributed by atoms with E-state index in [0.29, 0.717) is 13.0 Å². The van der Waals surface area contributed by atoms with E-state index in [1.165, 1.54) is 0 Å². The standard InChI is InChI=1S/C12H17F3N4O/c13-12(14,15)8-17-11(20)9-2-1-5-19(7-9)18-10-3-4-16-6-10/h3-4,6,9,16,18H,1-2,5,7-8H2,(H,17,20)/t9-/m0/s1. The van der Waals surface area contributed by atoms with Crippen LogP contribution in [0.15, 0.2) is 18.5 Å². The van der Waals surface area contributed by atoms with Gasteiger partial charge in [-0.05, 0) is 18.9 Å². The van der Waals surface area contributed by atoms with E-state index in [1.54, 1.807) is 12.4 Å². The minimum Gasteiger partial charge on any atom is -0.366 e. The molecule has 112 valence electrons. The number of rotatable bonds is 4. The van der Waals surface area contributed by atoms with Crippen molar-refractivity contribution in [1.82, 2.24) is 15.3 Å². The van der Waals surface area contributed by atoms with E-state index in [-0.39, 0.29) is 0 Å². The van der Waals surface area contributed by atoms with Crippen molar-refractivity contribution in [2.24, 2.45) is 5.92 Å². The third kappa shape index (κ3) is 4.44. The summed E-state index contributed by atoms with van der Waals surface area (Å²) >= 11 is 0. The normalized spacial score (nSPS) is 20.6. The lowest BCUT2D eigenvalue weighted by Gasteiger charge is -2.32. The van der Waals surface area contributed by atoms with Gasteiger partial charge in [-0.15, -0.1) is 0 Å². The summed E-state index contributed by atoms with van der Waals surface area (Å²) in [4.78, 5) is 14.6. The van der Waals surface area contributed by atoms with Gasteiger partial charge < -0.3 is 15.7 Å². The molecule has 20 heavy (non-hydrogen) atoms. The molecule has 0 radical (unpaired) electrons. The molecule has 3 N–H and O–H groups in total. The van der Waals surface area contributed by atoms with Crippen LogP contribution in [0.25, 0.3) is 0 Å². The van der Waals surface area contributed by atoms with Crippen molar-refractivity contribution in [2.75, 3.05) is 25.1 Å². The molecule has 1 aromatic heterocycles. The summed E-state index contributed by atoms with van der Waals surface area (Å²) in [6, 6.07) is 1.84. The summed E-state index contributed by atoms with van der Waals surface area (Å²) in [5, 5.41) is 3.80. The molecule has 1 aliphatic rings. The minimum atomic E-state index is -4.37. The Kier molecular flexibility index (Phi) is 4.53. The number of nitrogens with one attached hydrogen (secondary N) is 3. The molecule has 1 atom stereocenters. The topological polar surface area (TPSA) is 60.2 Å². The molecule has 0 saturated carbocycles. The molecule has 0 bridgehead atoms. The molecule has 8 heteroatoms. The molecule has 2 heterocycles. The van der Waals surface area contributed by atoms with Crippen LogP contribution in [0.3, 0.4) is 0 Å². The molecule has 1 aromatic rings. The highest BCUT2D eigenvalue weighted by Crippen LogP contribution is 2.19. The van der Waals surface area contributed by atoms with Gasteiger partial charge in [0.15, 0.2) is 0 Å². The molecule has 0 aromatic carbocycles. The predicted molar refractivity (Wildman–Crippen MR) is 67.8 cm³/mol. The lowest BCUT2D eigenvalue weighted by atomic mass is 9.98. The number of anilines is 1. The fourth-order valence-corrected chi connectivity index (χ4v) is 2.20. The number of H-pyrrole nitrogens is 1. The number of aromatic amines is 1. The zero-order chi connectivity index (χ0) is 14.6. The Morgan fingerprint density at radius 1 is 1.50 bits per heavy atom. The molecule has 1 fully saturated rings. The highest BCUT2D eigenvalue weighted by molar-refractivity contribution is 5.79. The molecule has 1 saturated heterocycles. The van der Waals surface area contributed by atoms with Gasteiger partial charge in [-0.2, -0.15) is 13.2 Å². The highest BCUT2D eigenvalue weighted by atomic mass is 19.4. The Morgan fingerprint density at radius 2 is 2.30 bits per heavy atom. The maximum Gasteiger partial charge on any atom is 0.405 e. The lowest BCUT2D eigenvalue weighted by molar-refractivity contribution is -0.141. The fraction of sp³-hybridized carbons (Fsp3) is 0.583.